The standard InChI is InChI=1S/C18H19N9O/c1-10-3-15-20-9-21-26(15)8-13(10)22-17-19-5-14-16(23-17)27(18(28)24(14)2)25-6-11-4-12(11)7-25/h3,5,8-9,11-12H,4,6-7H2,1-2H3,(H,19,22,23). The van der Waals surface area contributed by atoms with Gasteiger partial charge in [-0.2, -0.15) is 14.8 Å². The molecule has 4 aromatic heterocycles. The highest BCUT2D eigenvalue weighted by Crippen LogP contribution is 2.44. The number of rotatable bonds is 3. The number of aryl methyl sites for hydroxylation is 2. The fraction of sp³-hybridized carbons (Fsp3) is 0.389. The number of pyridine rings is 1. The molecule has 5 heterocycles. The lowest BCUT2D eigenvalue weighted by Crippen LogP contribution is -2.41. The Morgan fingerprint density at radius 3 is 2.86 bits per heavy atom. The van der Waals surface area contributed by atoms with E-state index in [-0.39, 0.29) is 5.69 Å². The zero-order valence-corrected chi connectivity index (χ0v) is 15.6. The van der Waals surface area contributed by atoms with Crippen LogP contribution in [0.5, 0.6) is 0 Å². The summed E-state index contributed by atoms with van der Waals surface area (Å²) in [6, 6.07) is 1.95. The Bertz CT molecular complexity index is 1290. The third kappa shape index (κ3) is 2.17. The molecule has 0 bridgehead atoms. The van der Waals surface area contributed by atoms with Crippen LogP contribution in [0.25, 0.3) is 16.8 Å². The molecule has 28 heavy (non-hydrogen) atoms. The molecule has 2 atom stereocenters. The van der Waals surface area contributed by atoms with Crippen LogP contribution < -0.4 is 16.0 Å². The Kier molecular flexibility index (Phi) is 2.96. The third-order valence-corrected chi connectivity index (χ3v) is 5.89. The van der Waals surface area contributed by atoms with Crippen molar-refractivity contribution < 1.29 is 0 Å². The molecule has 2 fully saturated rings. The van der Waals surface area contributed by atoms with E-state index < -0.39 is 0 Å². The van der Waals surface area contributed by atoms with E-state index in [1.165, 1.54) is 12.7 Å². The van der Waals surface area contributed by atoms with E-state index >= 15 is 0 Å². The maximum absolute atomic E-state index is 12.8. The van der Waals surface area contributed by atoms with Crippen molar-refractivity contribution in [2.75, 3.05) is 23.4 Å². The lowest BCUT2D eigenvalue weighted by atomic mass is 10.2. The average molecular weight is 377 g/mol. The minimum Gasteiger partial charge on any atom is -0.323 e. The molecule has 0 amide bonds. The molecule has 0 aromatic carbocycles. The van der Waals surface area contributed by atoms with Crippen molar-refractivity contribution in [1.82, 2.24) is 33.8 Å². The highest BCUT2D eigenvalue weighted by molar-refractivity contribution is 5.73. The van der Waals surface area contributed by atoms with Crippen LogP contribution in [0, 0.1) is 18.8 Å². The Hall–Kier alpha value is -3.43. The van der Waals surface area contributed by atoms with Crippen molar-refractivity contribution in [3.05, 3.63) is 40.8 Å². The van der Waals surface area contributed by atoms with E-state index in [0.717, 1.165) is 47.3 Å². The molecule has 10 nitrogen and oxygen atoms in total. The third-order valence-electron chi connectivity index (χ3n) is 5.89. The lowest BCUT2D eigenvalue weighted by molar-refractivity contribution is 0.592. The van der Waals surface area contributed by atoms with Gasteiger partial charge in [0.15, 0.2) is 11.3 Å². The van der Waals surface area contributed by atoms with Crippen LogP contribution in [0.3, 0.4) is 0 Å². The van der Waals surface area contributed by atoms with E-state index in [4.69, 9.17) is 0 Å². The summed E-state index contributed by atoms with van der Waals surface area (Å²) < 4.78 is 5.01. The van der Waals surface area contributed by atoms with Gasteiger partial charge in [0.05, 0.1) is 18.1 Å². The average Bonchev–Trinajstić information content (AvgIpc) is 3.01. The molecule has 0 radical (unpaired) electrons. The minimum atomic E-state index is -0.0806. The Morgan fingerprint density at radius 2 is 2.04 bits per heavy atom. The van der Waals surface area contributed by atoms with Crippen LogP contribution >= 0.6 is 0 Å². The number of nitrogens with zero attached hydrogens (tertiary/aromatic N) is 8. The quantitative estimate of drug-likeness (QED) is 0.564. The predicted octanol–water partition coefficient (Wildman–Crippen LogP) is 0.812. The van der Waals surface area contributed by atoms with Crippen molar-refractivity contribution in [1.29, 1.82) is 0 Å². The molecule has 10 heteroatoms. The second kappa shape index (κ2) is 5.31. The fourth-order valence-corrected chi connectivity index (χ4v) is 4.16. The number of nitrogens with one attached hydrogen (secondary N) is 1. The molecule has 2 aliphatic rings. The number of aromatic nitrogens is 7. The van der Waals surface area contributed by atoms with E-state index in [2.05, 4.69) is 30.4 Å². The molecular weight excluding hydrogens is 358 g/mol. The molecular formula is C18H19N9O. The number of hydrogen-bond donors (Lipinski definition) is 1. The second-order valence-electron chi connectivity index (χ2n) is 7.74. The first-order valence-corrected chi connectivity index (χ1v) is 9.35. The van der Waals surface area contributed by atoms with Gasteiger partial charge < -0.3 is 10.3 Å². The van der Waals surface area contributed by atoms with Gasteiger partial charge in [-0.1, -0.05) is 0 Å². The van der Waals surface area contributed by atoms with Gasteiger partial charge in [0.25, 0.3) is 0 Å². The first kappa shape index (κ1) is 15.6. The van der Waals surface area contributed by atoms with E-state index in [1.807, 2.05) is 19.2 Å². The van der Waals surface area contributed by atoms with Crippen LogP contribution in [0.2, 0.25) is 0 Å². The normalized spacial score (nSPS) is 20.9. The SMILES string of the molecule is Cc1cc2ncnn2cc1Nc1ncc2c(n1)n(N1CC3CC3C1)c(=O)n2C. The first-order chi connectivity index (χ1) is 13.6. The predicted molar refractivity (Wildman–Crippen MR) is 103 cm³/mol. The monoisotopic (exact) mass is 377 g/mol. The molecule has 1 aliphatic carbocycles. The van der Waals surface area contributed by atoms with E-state index in [0.29, 0.717) is 11.6 Å². The highest BCUT2D eigenvalue weighted by Gasteiger charge is 2.46. The second-order valence-corrected chi connectivity index (χ2v) is 7.74. The number of hydrogen-bond acceptors (Lipinski definition) is 7. The van der Waals surface area contributed by atoms with Crippen molar-refractivity contribution in [3.8, 4) is 0 Å². The van der Waals surface area contributed by atoms with Crippen molar-refractivity contribution in [3.63, 3.8) is 0 Å². The topological polar surface area (TPSA) is 98.2 Å². The number of anilines is 2. The van der Waals surface area contributed by atoms with Crippen molar-refractivity contribution in [2.45, 2.75) is 13.3 Å². The highest BCUT2D eigenvalue weighted by atomic mass is 16.2. The van der Waals surface area contributed by atoms with Gasteiger partial charge in [-0.05, 0) is 36.8 Å². The Morgan fingerprint density at radius 1 is 1.21 bits per heavy atom. The summed E-state index contributed by atoms with van der Waals surface area (Å²) in [6.07, 6.45) is 6.35. The molecule has 1 saturated carbocycles. The van der Waals surface area contributed by atoms with Gasteiger partial charge in [-0.15, -0.1) is 0 Å². The number of piperidine rings is 1. The zero-order chi connectivity index (χ0) is 19.0. The molecule has 0 spiro atoms. The molecule has 1 N–H and O–H groups in total. The van der Waals surface area contributed by atoms with E-state index in [1.54, 1.807) is 27.0 Å². The van der Waals surface area contributed by atoms with Crippen LogP contribution in [-0.4, -0.2) is 46.9 Å². The smallest absolute Gasteiger partial charge is 0.323 e. The molecule has 4 aromatic rings. The first-order valence-electron chi connectivity index (χ1n) is 9.35. The van der Waals surface area contributed by atoms with Crippen LogP contribution in [0.1, 0.15) is 12.0 Å². The van der Waals surface area contributed by atoms with Gasteiger partial charge >= 0.3 is 5.69 Å². The molecule has 2 unspecified atom stereocenters. The number of imidazole rings is 1. The Labute approximate surface area is 159 Å². The van der Waals surface area contributed by atoms with Crippen LogP contribution in [-0.2, 0) is 7.05 Å². The summed E-state index contributed by atoms with van der Waals surface area (Å²) in [5.74, 6) is 1.89. The summed E-state index contributed by atoms with van der Waals surface area (Å²) in [7, 11) is 1.76. The van der Waals surface area contributed by atoms with Gasteiger partial charge in [0.1, 0.15) is 11.8 Å². The number of fused-ring (bicyclic) bond motifs is 3. The van der Waals surface area contributed by atoms with Crippen molar-refractivity contribution in [2.24, 2.45) is 18.9 Å². The van der Waals surface area contributed by atoms with E-state index in [9.17, 15) is 4.79 Å². The Balaban J connectivity index is 1.43. The summed E-state index contributed by atoms with van der Waals surface area (Å²) in [5, 5.41) is 9.55. The van der Waals surface area contributed by atoms with Gasteiger partial charge in [0, 0.05) is 20.1 Å². The van der Waals surface area contributed by atoms with Crippen LogP contribution in [0.15, 0.2) is 29.6 Å². The molecule has 142 valence electrons. The molecule has 6 rings (SSSR count). The van der Waals surface area contributed by atoms with Crippen LogP contribution in [0.4, 0.5) is 11.6 Å². The summed E-state index contributed by atoms with van der Waals surface area (Å²) in [4.78, 5) is 26.1. The van der Waals surface area contributed by atoms with Gasteiger partial charge in [-0.3, -0.25) is 4.57 Å². The summed E-state index contributed by atoms with van der Waals surface area (Å²) in [6.45, 7) is 3.82. The largest absolute Gasteiger partial charge is 0.349 e. The maximum atomic E-state index is 12.8. The zero-order valence-electron chi connectivity index (χ0n) is 15.6. The summed E-state index contributed by atoms with van der Waals surface area (Å²) >= 11 is 0. The summed E-state index contributed by atoms with van der Waals surface area (Å²) in [5.41, 5.74) is 3.90. The van der Waals surface area contributed by atoms with Gasteiger partial charge in [-0.25, -0.2) is 19.3 Å². The maximum Gasteiger partial charge on any atom is 0.349 e. The molecule has 1 saturated heterocycles. The molecule has 1 aliphatic heterocycles. The van der Waals surface area contributed by atoms with Crippen molar-refractivity contribution >= 4 is 28.4 Å². The fourth-order valence-electron chi connectivity index (χ4n) is 4.16. The van der Waals surface area contributed by atoms with Gasteiger partial charge in [0.2, 0.25) is 5.95 Å². The lowest BCUT2D eigenvalue weighted by Gasteiger charge is -2.20. The minimum absolute atomic E-state index is 0.0806.